The van der Waals surface area contributed by atoms with E-state index in [2.05, 4.69) is 5.32 Å². The maximum atomic E-state index is 12.6. The van der Waals surface area contributed by atoms with E-state index in [4.69, 9.17) is 25.5 Å². The van der Waals surface area contributed by atoms with Crippen molar-refractivity contribution >= 4 is 34.4 Å². The summed E-state index contributed by atoms with van der Waals surface area (Å²) >= 11 is 5.84. The molecule has 2 aromatic carbocycles. The average molecular weight is 459 g/mol. The number of methoxy groups -OCH3 is 2. The van der Waals surface area contributed by atoms with Gasteiger partial charge < -0.3 is 29.1 Å². The number of fused-ring (bicyclic) bond motifs is 1. The van der Waals surface area contributed by atoms with Gasteiger partial charge in [-0.25, -0.2) is 4.79 Å². The molecular weight excluding hydrogens is 438 g/mol. The highest BCUT2D eigenvalue weighted by Gasteiger charge is 2.21. The Hall–Kier alpha value is -3.52. The molecule has 8 nitrogen and oxygen atoms in total. The standard InChI is InChI=1S/C23H22ClNO7/c1-12-15-8-9-18(30-2)21(31-3)20(15)32-23(29)16(12)11-19(26)25-17(22(27)28)10-13-4-6-14(24)7-5-13/h4-9,17H,10-11H2,1-3H3,(H,25,26)(H,27,28)/p-1/t17-/m0/s1. The average Bonchev–Trinajstić information content (AvgIpc) is 2.76. The van der Waals surface area contributed by atoms with E-state index >= 15 is 0 Å². The highest BCUT2D eigenvalue weighted by Crippen LogP contribution is 2.36. The SMILES string of the molecule is COc1ccc2c(C)c(CC(=O)N[C@@H](Cc3ccc(Cl)cc3)C(=O)[O-])c(=O)oc2c1OC. The zero-order valence-electron chi connectivity index (χ0n) is 17.7. The first-order valence-electron chi connectivity index (χ1n) is 9.67. The number of nitrogens with one attached hydrogen (secondary N) is 1. The van der Waals surface area contributed by atoms with Crippen LogP contribution in [0.3, 0.4) is 0 Å². The zero-order chi connectivity index (χ0) is 23.4. The minimum absolute atomic E-state index is 0.00749. The van der Waals surface area contributed by atoms with Crippen molar-refractivity contribution in [3.8, 4) is 11.5 Å². The first-order chi connectivity index (χ1) is 15.2. The maximum Gasteiger partial charge on any atom is 0.340 e. The molecule has 0 saturated carbocycles. The van der Waals surface area contributed by atoms with Crippen molar-refractivity contribution in [1.29, 1.82) is 0 Å². The van der Waals surface area contributed by atoms with Gasteiger partial charge in [0.2, 0.25) is 11.7 Å². The number of carbonyl (C=O) groups excluding carboxylic acids is 2. The summed E-state index contributed by atoms with van der Waals surface area (Å²) in [4.78, 5) is 36.7. The number of carboxylic acid groups (broad SMARTS) is 1. The Kier molecular flexibility index (Phi) is 7.05. The normalized spacial score (nSPS) is 11.8. The molecule has 0 radical (unpaired) electrons. The summed E-state index contributed by atoms with van der Waals surface area (Å²) in [5.74, 6) is -1.43. The molecule has 1 aromatic heterocycles. The van der Waals surface area contributed by atoms with Crippen LogP contribution in [0.5, 0.6) is 11.5 Å². The minimum Gasteiger partial charge on any atom is -0.548 e. The number of carboxylic acids is 1. The van der Waals surface area contributed by atoms with Crippen LogP contribution in [-0.2, 0) is 22.4 Å². The van der Waals surface area contributed by atoms with E-state index in [-0.39, 0.29) is 29.7 Å². The monoisotopic (exact) mass is 458 g/mol. The van der Waals surface area contributed by atoms with Gasteiger partial charge in [-0.05, 0) is 48.7 Å². The van der Waals surface area contributed by atoms with Crippen LogP contribution in [0, 0.1) is 6.92 Å². The summed E-state index contributed by atoms with van der Waals surface area (Å²) in [6, 6.07) is 8.65. The molecule has 1 heterocycles. The molecule has 1 N–H and O–H groups in total. The van der Waals surface area contributed by atoms with Gasteiger partial charge in [-0.2, -0.15) is 0 Å². The second-order valence-electron chi connectivity index (χ2n) is 7.12. The van der Waals surface area contributed by atoms with E-state index in [0.29, 0.717) is 27.3 Å². The van der Waals surface area contributed by atoms with Gasteiger partial charge in [0.25, 0.3) is 0 Å². The van der Waals surface area contributed by atoms with Crippen molar-refractivity contribution in [2.24, 2.45) is 0 Å². The number of benzene rings is 2. The third-order valence-corrected chi connectivity index (χ3v) is 5.36. The Morgan fingerprint density at radius 2 is 1.81 bits per heavy atom. The van der Waals surface area contributed by atoms with E-state index in [1.54, 1.807) is 43.3 Å². The number of carbonyl (C=O) groups is 2. The largest absolute Gasteiger partial charge is 0.548 e. The molecule has 3 aromatic rings. The highest BCUT2D eigenvalue weighted by molar-refractivity contribution is 6.30. The van der Waals surface area contributed by atoms with E-state index in [1.807, 2.05) is 0 Å². The molecule has 0 aliphatic carbocycles. The van der Waals surface area contributed by atoms with Crippen LogP contribution in [0.4, 0.5) is 0 Å². The molecule has 3 rings (SSSR count). The fourth-order valence-electron chi connectivity index (χ4n) is 3.43. The number of hydrogen-bond donors (Lipinski definition) is 1. The molecule has 0 aliphatic heterocycles. The van der Waals surface area contributed by atoms with Crippen molar-refractivity contribution in [2.75, 3.05) is 14.2 Å². The second-order valence-corrected chi connectivity index (χ2v) is 7.55. The van der Waals surface area contributed by atoms with Crippen LogP contribution < -0.4 is 25.5 Å². The Morgan fingerprint density at radius 1 is 1.12 bits per heavy atom. The third-order valence-electron chi connectivity index (χ3n) is 5.11. The van der Waals surface area contributed by atoms with Crippen LogP contribution in [0.25, 0.3) is 11.0 Å². The van der Waals surface area contributed by atoms with Gasteiger partial charge in [0.1, 0.15) is 0 Å². The van der Waals surface area contributed by atoms with Gasteiger partial charge in [-0.15, -0.1) is 0 Å². The van der Waals surface area contributed by atoms with Gasteiger partial charge in [0.15, 0.2) is 11.3 Å². The summed E-state index contributed by atoms with van der Waals surface area (Å²) in [6.07, 6.45) is -0.351. The Labute approximate surface area is 188 Å². The number of amides is 1. The smallest absolute Gasteiger partial charge is 0.340 e. The Bertz CT molecular complexity index is 1220. The van der Waals surface area contributed by atoms with Gasteiger partial charge in [-0.3, -0.25) is 4.79 Å². The van der Waals surface area contributed by atoms with E-state index in [9.17, 15) is 19.5 Å². The van der Waals surface area contributed by atoms with Crippen molar-refractivity contribution < 1.29 is 28.6 Å². The summed E-state index contributed by atoms with van der Waals surface area (Å²) in [5, 5.41) is 15.0. The lowest BCUT2D eigenvalue weighted by molar-refractivity contribution is -0.308. The number of ether oxygens (including phenoxy) is 2. The molecule has 0 aliphatic rings. The molecule has 9 heteroatoms. The number of aryl methyl sites for hydroxylation is 1. The predicted molar refractivity (Wildman–Crippen MR) is 116 cm³/mol. The van der Waals surface area contributed by atoms with E-state index in [0.717, 1.165) is 0 Å². The Morgan fingerprint density at radius 3 is 2.41 bits per heavy atom. The summed E-state index contributed by atoms with van der Waals surface area (Å²) < 4.78 is 15.9. The van der Waals surface area contributed by atoms with Gasteiger partial charge >= 0.3 is 5.63 Å². The molecule has 0 bridgehead atoms. The molecule has 0 fully saturated rings. The molecule has 32 heavy (non-hydrogen) atoms. The van der Waals surface area contributed by atoms with Gasteiger partial charge in [-0.1, -0.05) is 23.7 Å². The number of halogens is 1. The summed E-state index contributed by atoms with van der Waals surface area (Å²) in [5.41, 5.74) is 0.778. The molecule has 0 unspecified atom stereocenters. The lowest BCUT2D eigenvalue weighted by Crippen LogP contribution is -2.49. The number of aliphatic carboxylic acids is 1. The number of hydrogen-bond acceptors (Lipinski definition) is 7. The molecule has 1 amide bonds. The lowest BCUT2D eigenvalue weighted by Gasteiger charge is -2.20. The first-order valence-corrected chi connectivity index (χ1v) is 10.0. The third kappa shape index (κ3) is 4.86. The molecule has 0 saturated heterocycles. The molecule has 168 valence electrons. The maximum absolute atomic E-state index is 12.6. The van der Waals surface area contributed by atoms with Crippen LogP contribution in [0.1, 0.15) is 16.7 Å². The van der Waals surface area contributed by atoms with Crippen LogP contribution in [0.2, 0.25) is 5.02 Å². The van der Waals surface area contributed by atoms with Gasteiger partial charge in [0, 0.05) is 10.4 Å². The Balaban J connectivity index is 1.86. The van der Waals surface area contributed by atoms with Crippen LogP contribution in [-0.4, -0.2) is 32.1 Å². The van der Waals surface area contributed by atoms with Gasteiger partial charge in [0.05, 0.1) is 38.2 Å². The second kappa shape index (κ2) is 9.74. The van der Waals surface area contributed by atoms with E-state index in [1.165, 1.54) is 14.2 Å². The van der Waals surface area contributed by atoms with E-state index < -0.39 is 23.5 Å². The van der Waals surface area contributed by atoms with Crippen molar-refractivity contribution in [2.45, 2.75) is 25.8 Å². The van der Waals surface area contributed by atoms with Crippen molar-refractivity contribution in [3.05, 3.63) is 68.5 Å². The van der Waals surface area contributed by atoms with Crippen molar-refractivity contribution in [1.82, 2.24) is 5.32 Å². The minimum atomic E-state index is -1.44. The summed E-state index contributed by atoms with van der Waals surface area (Å²) in [7, 11) is 2.89. The predicted octanol–water partition coefficient (Wildman–Crippen LogP) is 1.79. The molecule has 1 atom stereocenters. The lowest BCUT2D eigenvalue weighted by atomic mass is 10.0. The van der Waals surface area contributed by atoms with Crippen LogP contribution >= 0.6 is 11.6 Å². The fourth-order valence-corrected chi connectivity index (χ4v) is 3.55. The highest BCUT2D eigenvalue weighted by atomic mass is 35.5. The fraction of sp³-hybridized carbons (Fsp3) is 0.261. The van der Waals surface area contributed by atoms with Crippen LogP contribution in [0.15, 0.2) is 45.6 Å². The quantitative estimate of drug-likeness (QED) is 0.511. The number of rotatable bonds is 8. The summed E-state index contributed by atoms with van der Waals surface area (Å²) in [6.45, 7) is 1.68. The molecule has 0 spiro atoms. The zero-order valence-corrected chi connectivity index (χ0v) is 18.4. The topological polar surface area (TPSA) is 118 Å². The van der Waals surface area contributed by atoms with Crippen molar-refractivity contribution in [3.63, 3.8) is 0 Å². The molecular formula is C23H21ClNO7-. The first kappa shape index (κ1) is 23.1.